The van der Waals surface area contributed by atoms with Gasteiger partial charge in [-0.15, -0.1) is 0 Å². The van der Waals surface area contributed by atoms with Crippen molar-refractivity contribution in [3.05, 3.63) is 28.8 Å². The van der Waals surface area contributed by atoms with Crippen molar-refractivity contribution >= 4 is 11.6 Å². The van der Waals surface area contributed by atoms with Crippen LogP contribution in [0, 0.1) is 11.3 Å². The van der Waals surface area contributed by atoms with Gasteiger partial charge < -0.3 is 10.1 Å². The number of benzene rings is 1. The van der Waals surface area contributed by atoms with E-state index in [-0.39, 0.29) is 0 Å². The number of methoxy groups -OCH3 is 1. The summed E-state index contributed by atoms with van der Waals surface area (Å²) < 4.78 is 5.41. The maximum absolute atomic E-state index is 6.09. The molecule has 2 nitrogen and oxygen atoms in total. The SMILES string of the molecule is COc1ccc(Cl)cc1CNCC1(CC(C)C)CCCC1. The first-order chi connectivity index (χ1) is 10.0. The van der Waals surface area contributed by atoms with Crippen LogP contribution >= 0.6 is 11.6 Å². The molecular weight excluding hydrogens is 282 g/mol. The molecule has 21 heavy (non-hydrogen) atoms. The van der Waals surface area contributed by atoms with E-state index in [1.807, 2.05) is 18.2 Å². The quantitative estimate of drug-likeness (QED) is 0.761. The molecule has 0 radical (unpaired) electrons. The molecule has 3 heteroatoms. The smallest absolute Gasteiger partial charge is 0.123 e. The van der Waals surface area contributed by atoms with Gasteiger partial charge in [-0.05, 0) is 48.8 Å². The van der Waals surface area contributed by atoms with Gasteiger partial charge in [0.2, 0.25) is 0 Å². The van der Waals surface area contributed by atoms with Crippen molar-refractivity contribution in [1.29, 1.82) is 0 Å². The number of nitrogens with one attached hydrogen (secondary N) is 1. The molecule has 0 unspecified atom stereocenters. The zero-order valence-electron chi connectivity index (χ0n) is 13.5. The van der Waals surface area contributed by atoms with Gasteiger partial charge in [-0.3, -0.25) is 0 Å². The summed E-state index contributed by atoms with van der Waals surface area (Å²) in [7, 11) is 1.71. The lowest BCUT2D eigenvalue weighted by Crippen LogP contribution is -2.33. The second kappa shape index (κ2) is 7.51. The van der Waals surface area contributed by atoms with Gasteiger partial charge in [0.25, 0.3) is 0 Å². The van der Waals surface area contributed by atoms with E-state index < -0.39 is 0 Å². The average Bonchev–Trinajstić information content (AvgIpc) is 2.87. The van der Waals surface area contributed by atoms with Crippen LogP contribution in [0.2, 0.25) is 5.02 Å². The molecule has 0 heterocycles. The maximum atomic E-state index is 6.09. The first-order valence-electron chi connectivity index (χ1n) is 8.08. The average molecular weight is 310 g/mol. The highest BCUT2D eigenvalue weighted by Crippen LogP contribution is 2.42. The molecule has 1 N–H and O–H groups in total. The molecule has 1 aromatic rings. The molecule has 118 valence electrons. The van der Waals surface area contributed by atoms with Crippen molar-refractivity contribution in [2.24, 2.45) is 11.3 Å². The molecule has 1 saturated carbocycles. The Bertz CT molecular complexity index is 453. The van der Waals surface area contributed by atoms with Gasteiger partial charge in [-0.1, -0.05) is 38.3 Å². The number of hydrogen-bond donors (Lipinski definition) is 1. The van der Waals surface area contributed by atoms with Crippen LogP contribution in [-0.4, -0.2) is 13.7 Å². The molecule has 1 aliphatic rings. The Morgan fingerprint density at radius 3 is 2.62 bits per heavy atom. The molecular formula is C18H28ClNO. The van der Waals surface area contributed by atoms with Gasteiger partial charge in [-0.2, -0.15) is 0 Å². The van der Waals surface area contributed by atoms with Crippen LogP contribution in [0.1, 0.15) is 51.5 Å². The molecule has 1 aromatic carbocycles. The lowest BCUT2D eigenvalue weighted by Gasteiger charge is -2.31. The molecule has 2 rings (SSSR count). The molecule has 1 aliphatic carbocycles. The van der Waals surface area contributed by atoms with E-state index in [1.165, 1.54) is 32.1 Å². The standard InChI is InChI=1S/C18H28ClNO/c1-14(2)11-18(8-4-5-9-18)13-20-12-15-10-16(19)6-7-17(15)21-3/h6-7,10,14,20H,4-5,8-9,11-13H2,1-3H3. The molecule has 0 saturated heterocycles. The van der Waals surface area contributed by atoms with Crippen LogP contribution in [0.25, 0.3) is 0 Å². The summed E-state index contributed by atoms with van der Waals surface area (Å²) in [6, 6.07) is 5.82. The highest BCUT2D eigenvalue weighted by molar-refractivity contribution is 6.30. The van der Waals surface area contributed by atoms with E-state index in [1.54, 1.807) is 7.11 Å². The van der Waals surface area contributed by atoms with Crippen LogP contribution in [-0.2, 0) is 6.54 Å². The van der Waals surface area contributed by atoms with Crippen molar-refractivity contribution in [2.75, 3.05) is 13.7 Å². The van der Waals surface area contributed by atoms with Crippen LogP contribution in [0.5, 0.6) is 5.75 Å². The van der Waals surface area contributed by atoms with Gasteiger partial charge in [-0.25, -0.2) is 0 Å². The Balaban J connectivity index is 1.95. The van der Waals surface area contributed by atoms with Crippen molar-refractivity contribution in [3.8, 4) is 5.75 Å². The zero-order chi connectivity index (χ0) is 15.3. The third-order valence-corrected chi connectivity index (χ3v) is 4.80. The van der Waals surface area contributed by atoms with Crippen LogP contribution in [0.4, 0.5) is 0 Å². The number of rotatable bonds is 7. The summed E-state index contributed by atoms with van der Waals surface area (Å²) in [5.41, 5.74) is 1.64. The van der Waals surface area contributed by atoms with E-state index in [0.717, 1.165) is 35.3 Å². The van der Waals surface area contributed by atoms with Gasteiger partial charge in [0.05, 0.1) is 7.11 Å². The molecule has 0 bridgehead atoms. The minimum atomic E-state index is 0.500. The highest BCUT2D eigenvalue weighted by Gasteiger charge is 2.33. The van der Waals surface area contributed by atoms with E-state index in [0.29, 0.717) is 5.41 Å². The number of halogens is 1. The van der Waals surface area contributed by atoms with E-state index in [9.17, 15) is 0 Å². The lowest BCUT2D eigenvalue weighted by atomic mass is 9.78. The summed E-state index contributed by atoms with van der Waals surface area (Å²) in [6.07, 6.45) is 6.83. The van der Waals surface area contributed by atoms with Crippen molar-refractivity contribution in [2.45, 2.75) is 52.5 Å². The second-order valence-corrected chi connectivity index (χ2v) is 7.30. The predicted octanol–water partition coefficient (Wildman–Crippen LogP) is 5.04. The topological polar surface area (TPSA) is 21.3 Å². The second-order valence-electron chi connectivity index (χ2n) is 6.86. The Morgan fingerprint density at radius 1 is 1.29 bits per heavy atom. The summed E-state index contributed by atoms with van der Waals surface area (Å²) >= 11 is 6.09. The van der Waals surface area contributed by atoms with Crippen molar-refractivity contribution in [1.82, 2.24) is 5.32 Å². The summed E-state index contributed by atoms with van der Waals surface area (Å²) in [6.45, 7) is 6.59. The van der Waals surface area contributed by atoms with Gasteiger partial charge in [0.1, 0.15) is 5.75 Å². The fourth-order valence-electron chi connectivity index (χ4n) is 3.79. The molecule has 1 fully saturated rings. The Hall–Kier alpha value is -0.730. The molecule has 0 spiro atoms. The first-order valence-corrected chi connectivity index (χ1v) is 8.46. The fourth-order valence-corrected chi connectivity index (χ4v) is 3.99. The van der Waals surface area contributed by atoms with Gasteiger partial charge >= 0.3 is 0 Å². The molecule has 0 aliphatic heterocycles. The lowest BCUT2D eigenvalue weighted by molar-refractivity contribution is 0.223. The van der Waals surface area contributed by atoms with Crippen LogP contribution < -0.4 is 10.1 Å². The van der Waals surface area contributed by atoms with Crippen LogP contribution in [0.15, 0.2) is 18.2 Å². The largest absolute Gasteiger partial charge is 0.496 e. The maximum Gasteiger partial charge on any atom is 0.123 e. The summed E-state index contributed by atoms with van der Waals surface area (Å²) in [5.74, 6) is 1.68. The van der Waals surface area contributed by atoms with E-state index >= 15 is 0 Å². The van der Waals surface area contributed by atoms with Gasteiger partial charge in [0.15, 0.2) is 0 Å². The van der Waals surface area contributed by atoms with Gasteiger partial charge in [0, 0.05) is 23.7 Å². The van der Waals surface area contributed by atoms with E-state index in [4.69, 9.17) is 16.3 Å². The molecule has 0 atom stereocenters. The Labute approximate surface area is 134 Å². The Morgan fingerprint density at radius 2 is 2.00 bits per heavy atom. The van der Waals surface area contributed by atoms with E-state index in [2.05, 4.69) is 19.2 Å². The first kappa shape index (κ1) is 16.6. The third kappa shape index (κ3) is 4.62. The normalized spacial score (nSPS) is 17.4. The highest BCUT2D eigenvalue weighted by atomic mass is 35.5. The monoisotopic (exact) mass is 309 g/mol. The number of ether oxygens (including phenoxy) is 1. The minimum absolute atomic E-state index is 0.500. The van der Waals surface area contributed by atoms with Crippen LogP contribution in [0.3, 0.4) is 0 Å². The predicted molar refractivity (Wildman–Crippen MR) is 90.1 cm³/mol. The summed E-state index contributed by atoms with van der Waals surface area (Å²) in [5, 5.41) is 4.42. The fraction of sp³-hybridized carbons (Fsp3) is 0.667. The molecule has 0 aromatic heterocycles. The Kier molecular flexibility index (Phi) is 5.95. The van der Waals surface area contributed by atoms with Crippen molar-refractivity contribution < 1.29 is 4.74 Å². The summed E-state index contributed by atoms with van der Waals surface area (Å²) in [4.78, 5) is 0. The minimum Gasteiger partial charge on any atom is -0.496 e. The number of hydrogen-bond acceptors (Lipinski definition) is 2. The molecule has 0 amide bonds. The third-order valence-electron chi connectivity index (χ3n) is 4.56. The van der Waals surface area contributed by atoms with Crippen molar-refractivity contribution in [3.63, 3.8) is 0 Å². The zero-order valence-corrected chi connectivity index (χ0v) is 14.3.